The van der Waals surface area contributed by atoms with Crippen LogP contribution in [0, 0.1) is 6.92 Å². The van der Waals surface area contributed by atoms with Gasteiger partial charge in [0, 0.05) is 38.4 Å². The summed E-state index contributed by atoms with van der Waals surface area (Å²) in [7, 11) is 0. The summed E-state index contributed by atoms with van der Waals surface area (Å²) < 4.78 is 5.33. The highest BCUT2D eigenvalue weighted by atomic mass is 16.5. The molecule has 0 bridgehead atoms. The smallest absolute Gasteiger partial charge is 0.261 e. The van der Waals surface area contributed by atoms with Gasteiger partial charge in [0.25, 0.3) is 5.89 Å². The minimum Gasteiger partial charge on any atom is -0.354 e. The fourth-order valence-corrected chi connectivity index (χ4v) is 3.25. The van der Waals surface area contributed by atoms with Gasteiger partial charge < -0.3 is 9.42 Å². The summed E-state index contributed by atoms with van der Waals surface area (Å²) in [6, 6.07) is 4.50. The molecule has 4 heterocycles. The molecule has 1 saturated heterocycles. The number of nitrogens with zero attached hydrogens (tertiary/aromatic N) is 5. The van der Waals surface area contributed by atoms with Gasteiger partial charge in [-0.05, 0) is 25.5 Å². The fourth-order valence-electron chi connectivity index (χ4n) is 3.25. The summed E-state index contributed by atoms with van der Waals surface area (Å²) in [4.78, 5) is 13.8. The normalized spacial score (nSPS) is 21.9. The van der Waals surface area contributed by atoms with Crippen LogP contribution in [-0.4, -0.2) is 52.2 Å². The zero-order valence-corrected chi connectivity index (χ0v) is 12.6. The number of anilines is 1. The van der Waals surface area contributed by atoms with E-state index in [9.17, 15) is 0 Å². The van der Waals surface area contributed by atoms with E-state index < -0.39 is 0 Å². The summed E-state index contributed by atoms with van der Waals surface area (Å²) >= 11 is 0. The molecule has 1 fully saturated rings. The van der Waals surface area contributed by atoms with Gasteiger partial charge in [-0.15, -0.1) is 0 Å². The van der Waals surface area contributed by atoms with E-state index in [4.69, 9.17) is 4.52 Å². The minimum absolute atomic E-state index is 0.548. The van der Waals surface area contributed by atoms with Crippen LogP contribution in [0.5, 0.6) is 0 Å². The second-order valence-corrected chi connectivity index (χ2v) is 5.84. The Morgan fingerprint density at radius 2 is 2.14 bits per heavy atom. The van der Waals surface area contributed by atoms with E-state index in [1.165, 1.54) is 6.42 Å². The quantitative estimate of drug-likeness (QED) is 0.806. The molecule has 4 rings (SSSR count). The summed E-state index contributed by atoms with van der Waals surface area (Å²) in [6.07, 6.45) is 7.49. The molecular weight excluding hydrogens is 278 g/mol. The van der Waals surface area contributed by atoms with Crippen molar-refractivity contribution in [1.29, 1.82) is 0 Å². The molecule has 22 heavy (non-hydrogen) atoms. The summed E-state index contributed by atoms with van der Waals surface area (Å²) in [6.45, 7) is 5.97. The lowest BCUT2D eigenvalue weighted by Crippen LogP contribution is -2.35. The molecule has 2 aromatic heterocycles. The third-order valence-corrected chi connectivity index (χ3v) is 4.37. The number of pyridine rings is 1. The Morgan fingerprint density at radius 3 is 2.91 bits per heavy atom. The number of rotatable bonds is 3. The standard InChI is InChI=1S/C16H19N5O/c1-12-18-16(22-19-12)14-5-4-7-17-15(14)21-10-6-13(11-21)20-8-2-3-9-20/h2-5,7,13H,6,8-11H2,1H3/t13-/m0/s1. The molecule has 6 nitrogen and oxygen atoms in total. The van der Waals surface area contributed by atoms with Gasteiger partial charge in [-0.1, -0.05) is 17.3 Å². The lowest BCUT2D eigenvalue weighted by molar-refractivity contribution is 0.271. The first-order valence-corrected chi connectivity index (χ1v) is 7.71. The van der Waals surface area contributed by atoms with Crippen molar-refractivity contribution in [1.82, 2.24) is 20.0 Å². The number of aryl methyl sites for hydroxylation is 1. The molecule has 0 amide bonds. The van der Waals surface area contributed by atoms with Crippen LogP contribution < -0.4 is 4.90 Å². The van der Waals surface area contributed by atoms with Crippen molar-refractivity contribution >= 4 is 5.82 Å². The molecule has 1 atom stereocenters. The van der Waals surface area contributed by atoms with Gasteiger partial charge in [-0.3, -0.25) is 4.90 Å². The summed E-state index contributed by atoms with van der Waals surface area (Å²) in [5.41, 5.74) is 0.920. The molecule has 0 N–H and O–H groups in total. The zero-order chi connectivity index (χ0) is 14.9. The van der Waals surface area contributed by atoms with Crippen molar-refractivity contribution in [3.8, 4) is 11.5 Å². The van der Waals surface area contributed by atoms with Crippen molar-refractivity contribution in [2.45, 2.75) is 19.4 Å². The Morgan fingerprint density at radius 1 is 1.27 bits per heavy atom. The van der Waals surface area contributed by atoms with Crippen molar-refractivity contribution in [3.05, 3.63) is 36.3 Å². The van der Waals surface area contributed by atoms with Crippen molar-refractivity contribution in [2.24, 2.45) is 0 Å². The van der Waals surface area contributed by atoms with Crippen molar-refractivity contribution in [2.75, 3.05) is 31.1 Å². The Bertz CT molecular complexity index is 687. The van der Waals surface area contributed by atoms with E-state index in [0.29, 0.717) is 17.8 Å². The van der Waals surface area contributed by atoms with Gasteiger partial charge in [0.1, 0.15) is 5.82 Å². The average Bonchev–Trinajstić information content (AvgIpc) is 3.28. The molecule has 0 spiro atoms. The monoisotopic (exact) mass is 297 g/mol. The van der Waals surface area contributed by atoms with Crippen LogP contribution in [0.2, 0.25) is 0 Å². The lowest BCUT2D eigenvalue weighted by Gasteiger charge is -2.24. The van der Waals surface area contributed by atoms with Crippen LogP contribution in [0.15, 0.2) is 35.0 Å². The van der Waals surface area contributed by atoms with E-state index in [1.54, 1.807) is 0 Å². The van der Waals surface area contributed by atoms with Gasteiger partial charge in [-0.2, -0.15) is 4.98 Å². The van der Waals surface area contributed by atoms with E-state index >= 15 is 0 Å². The highest BCUT2D eigenvalue weighted by Crippen LogP contribution is 2.31. The third-order valence-electron chi connectivity index (χ3n) is 4.37. The zero-order valence-electron chi connectivity index (χ0n) is 12.6. The van der Waals surface area contributed by atoms with Crippen LogP contribution in [-0.2, 0) is 0 Å². The molecule has 2 aromatic rings. The van der Waals surface area contributed by atoms with Crippen LogP contribution in [0.4, 0.5) is 5.82 Å². The first-order chi connectivity index (χ1) is 10.8. The van der Waals surface area contributed by atoms with Gasteiger partial charge in [0.15, 0.2) is 5.82 Å². The second kappa shape index (κ2) is 5.53. The SMILES string of the molecule is Cc1noc(-c2cccnc2N2CC[C@H](N3CC=CC3)C2)n1. The van der Waals surface area contributed by atoms with E-state index in [-0.39, 0.29) is 0 Å². The molecule has 2 aliphatic rings. The number of aromatic nitrogens is 3. The van der Waals surface area contributed by atoms with Crippen LogP contribution >= 0.6 is 0 Å². The van der Waals surface area contributed by atoms with Crippen molar-refractivity contribution < 1.29 is 4.52 Å². The molecule has 6 heteroatoms. The largest absolute Gasteiger partial charge is 0.354 e. The highest BCUT2D eigenvalue weighted by molar-refractivity contribution is 5.70. The predicted molar refractivity (Wildman–Crippen MR) is 83.6 cm³/mol. The molecule has 0 unspecified atom stereocenters. The van der Waals surface area contributed by atoms with Gasteiger partial charge in [0.05, 0.1) is 5.56 Å². The average molecular weight is 297 g/mol. The van der Waals surface area contributed by atoms with Gasteiger partial charge in [-0.25, -0.2) is 4.98 Å². The molecular formula is C16H19N5O. The van der Waals surface area contributed by atoms with Crippen LogP contribution in [0.1, 0.15) is 12.2 Å². The lowest BCUT2D eigenvalue weighted by atomic mass is 10.2. The van der Waals surface area contributed by atoms with E-state index in [1.807, 2.05) is 25.3 Å². The minimum atomic E-state index is 0.548. The molecule has 0 saturated carbocycles. The maximum atomic E-state index is 5.33. The predicted octanol–water partition coefficient (Wildman–Crippen LogP) is 1.89. The Labute approximate surface area is 129 Å². The maximum absolute atomic E-state index is 5.33. The first-order valence-electron chi connectivity index (χ1n) is 7.71. The summed E-state index contributed by atoms with van der Waals surface area (Å²) in [5.74, 6) is 2.14. The Balaban J connectivity index is 1.58. The topological polar surface area (TPSA) is 58.3 Å². The maximum Gasteiger partial charge on any atom is 0.261 e. The van der Waals surface area contributed by atoms with Crippen LogP contribution in [0.3, 0.4) is 0 Å². The molecule has 0 aliphatic carbocycles. The Kier molecular flexibility index (Phi) is 3.38. The molecule has 114 valence electrons. The molecule has 2 aliphatic heterocycles. The van der Waals surface area contributed by atoms with E-state index in [2.05, 4.69) is 37.1 Å². The van der Waals surface area contributed by atoms with Crippen LogP contribution in [0.25, 0.3) is 11.5 Å². The van der Waals surface area contributed by atoms with Gasteiger partial charge >= 0.3 is 0 Å². The molecule has 0 radical (unpaired) electrons. The number of hydrogen-bond donors (Lipinski definition) is 0. The van der Waals surface area contributed by atoms with Crippen molar-refractivity contribution in [3.63, 3.8) is 0 Å². The first kappa shape index (κ1) is 13.5. The fraction of sp³-hybridized carbons (Fsp3) is 0.438. The van der Waals surface area contributed by atoms with Gasteiger partial charge in [0.2, 0.25) is 0 Å². The third kappa shape index (κ3) is 2.39. The summed E-state index contributed by atoms with van der Waals surface area (Å²) in [5, 5.41) is 3.89. The number of hydrogen-bond acceptors (Lipinski definition) is 6. The Hall–Kier alpha value is -2.21. The molecule has 0 aromatic carbocycles. The highest BCUT2D eigenvalue weighted by Gasteiger charge is 2.30. The second-order valence-electron chi connectivity index (χ2n) is 5.84. The van der Waals surface area contributed by atoms with E-state index in [0.717, 1.165) is 37.6 Å².